The van der Waals surface area contributed by atoms with Crippen molar-refractivity contribution in [3.05, 3.63) is 23.8 Å². The molecule has 1 aliphatic rings. The van der Waals surface area contributed by atoms with Crippen molar-refractivity contribution in [3.63, 3.8) is 0 Å². The van der Waals surface area contributed by atoms with Crippen molar-refractivity contribution in [2.24, 2.45) is 0 Å². The first-order valence-corrected chi connectivity index (χ1v) is 5.85. The summed E-state index contributed by atoms with van der Waals surface area (Å²) in [6.07, 6.45) is 0. The predicted octanol–water partition coefficient (Wildman–Crippen LogP) is 1.30. The number of anilines is 1. The van der Waals surface area contributed by atoms with Crippen molar-refractivity contribution in [2.45, 2.75) is 6.54 Å². The third-order valence-corrected chi connectivity index (χ3v) is 3.18. The molecule has 2 heterocycles. The molecule has 1 aromatic heterocycles. The highest BCUT2D eigenvalue weighted by Gasteiger charge is 2.14. The van der Waals surface area contributed by atoms with Gasteiger partial charge in [0, 0.05) is 25.1 Å². The summed E-state index contributed by atoms with van der Waals surface area (Å²) in [5.74, 6) is 1.60. The lowest BCUT2D eigenvalue weighted by Crippen LogP contribution is -2.16. The van der Waals surface area contributed by atoms with Crippen molar-refractivity contribution < 1.29 is 9.47 Å². The Labute approximate surface area is 102 Å². The van der Waals surface area contributed by atoms with Crippen LogP contribution >= 0.6 is 11.5 Å². The quantitative estimate of drug-likeness (QED) is 0.818. The zero-order valence-electron chi connectivity index (χ0n) is 9.16. The lowest BCUT2D eigenvalue weighted by atomic mass is 10.2. The van der Waals surface area contributed by atoms with Gasteiger partial charge in [-0.3, -0.25) is 0 Å². The minimum Gasteiger partial charge on any atom is -0.454 e. The Bertz CT molecular complexity index is 517. The van der Waals surface area contributed by atoms with E-state index in [1.165, 1.54) is 11.5 Å². The average Bonchev–Trinajstić information content (AvgIpc) is 2.99. The summed E-state index contributed by atoms with van der Waals surface area (Å²) in [4.78, 5) is 1.99. The van der Waals surface area contributed by atoms with E-state index < -0.39 is 0 Å². The molecule has 3 rings (SSSR count). The predicted molar refractivity (Wildman–Crippen MR) is 62.4 cm³/mol. The van der Waals surface area contributed by atoms with Gasteiger partial charge in [-0.25, -0.2) is 0 Å². The average molecular weight is 250 g/mol. The first-order chi connectivity index (χ1) is 8.33. The number of aromatic nitrogens is 3. The second kappa shape index (κ2) is 4.17. The van der Waals surface area contributed by atoms with Gasteiger partial charge in [-0.2, -0.15) is 0 Å². The minimum absolute atomic E-state index is 0.301. The Morgan fingerprint density at radius 1 is 1.35 bits per heavy atom. The van der Waals surface area contributed by atoms with E-state index >= 15 is 0 Å². The Hall–Kier alpha value is -1.89. The summed E-state index contributed by atoms with van der Waals surface area (Å²) in [6, 6.07) is 5.91. The van der Waals surface area contributed by atoms with E-state index in [2.05, 4.69) is 14.8 Å². The van der Waals surface area contributed by atoms with Crippen molar-refractivity contribution in [2.75, 3.05) is 18.7 Å². The Morgan fingerprint density at radius 3 is 3.06 bits per heavy atom. The molecule has 7 heteroatoms. The number of nitrogens with zero attached hydrogens (tertiary/aromatic N) is 4. The van der Waals surface area contributed by atoms with Gasteiger partial charge in [0.15, 0.2) is 11.5 Å². The number of ether oxygens (including phenoxy) is 2. The molecule has 0 unspecified atom stereocenters. The summed E-state index contributed by atoms with van der Waals surface area (Å²) in [7, 11) is 1.95. The molecule has 1 aromatic carbocycles. The molecule has 0 aliphatic carbocycles. The normalized spacial score (nSPS) is 12.8. The van der Waals surface area contributed by atoms with Crippen molar-refractivity contribution in [1.29, 1.82) is 0 Å². The van der Waals surface area contributed by atoms with Crippen LogP contribution in [0.4, 0.5) is 5.13 Å². The van der Waals surface area contributed by atoms with E-state index in [1.807, 2.05) is 30.1 Å². The van der Waals surface area contributed by atoms with Crippen LogP contribution in [0.3, 0.4) is 0 Å². The molecule has 0 amide bonds. The van der Waals surface area contributed by atoms with Crippen molar-refractivity contribution in [3.8, 4) is 11.5 Å². The smallest absolute Gasteiger partial charge is 0.231 e. The van der Waals surface area contributed by atoms with Crippen LogP contribution in [0.2, 0.25) is 0 Å². The van der Waals surface area contributed by atoms with Gasteiger partial charge in [-0.1, -0.05) is 15.7 Å². The summed E-state index contributed by atoms with van der Waals surface area (Å²) < 4.78 is 14.3. The second-order valence-corrected chi connectivity index (χ2v) is 4.40. The second-order valence-electron chi connectivity index (χ2n) is 3.69. The zero-order valence-corrected chi connectivity index (χ0v) is 9.98. The topological polar surface area (TPSA) is 60.4 Å². The highest BCUT2D eigenvalue weighted by molar-refractivity contribution is 7.09. The van der Waals surface area contributed by atoms with E-state index in [-0.39, 0.29) is 0 Å². The van der Waals surface area contributed by atoms with E-state index in [0.717, 1.165) is 28.7 Å². The minimum atomic E-state index is 0.301. The van der Waals surface area contributed by atoms with Crippen LogP contribution in [0.1, 0.15) is 5.56 Å². The van der Waals surface area contributed by atoms with E-state index in [4.69, 9.17) is 9.47 Å². The maximum atomic E-state index is 5.33. The van der Waals surface area contributed by atoms with Gasteiger partial charge >= 0.3 is 0 Å². The fraction of sp³-hybridized carbons (Fsp3) is 0.300. The van der Waals surface area contributed by atoms with Crippen LogP contribution in [0.25, 0.3) is 0 Å². The highest BCUT2D eigenvalue weighted by Crippen LogP contribution is 2.33. The molecule has 0 fully saturated rings. The fourth-order valence-corrected chi connectivity index (χ4v) is 2.08. The Kier molecular flexibility index (Phi) is 2.52. The Balaban J connectivity index is 1.77. The molecule has 88 valence electrons. The molecule has 17 heavy (non-hydrogen) atoms. The van der Waals surface area contributed by atoms with Crippen LogP contribution in [0, 0.1) is 0 Å². The maximum Gasteiger partial charge on any atom is 0.231 e. The Morgan fingerprint density at radius 2 is 2.24 bits per heavy atom. The summed E-state index contributed by atoms with van der Waals surface area (Å²) >= 11 is 1.27. The molecule has 0 N–H and O–H groups in total. The third kappa shape index (κ3) is 2.01. The highest BCUT2D eigenvalue weighted by atomic mass is 32.1. The number of hydrogen-bond acceptors (Lipinski definition) is 7. The number of benzene rings is 1. The van der Waals surface area contributed by atoms with Gasteiger partial charge in [0.1, 0.15) is 0 Å². The van der Waals surface area contributed by atoms with Crippen LogP contribution in [0.5, 0.6) is 11.5 Å². The van der Waals surface area contributed by atoms with Gasteiger partial charge in [0.2, 0.25) is 11.9 Å². The summed E-state index contributed by atoms with van der Waals surface area (Å²) in [6.45, 7) is 1.03. The molecule has 0 radical (unpaired) electrons. The lowest BCUT2D eigenvalue weighted by Gasteiger charge is -2.14. The molecule has 0 bridgehead atoms. The molecule has 0 atom stereocenters. The van der Waals surface area contributed by atoms with Gasteiger partial charge in [-0.15, -0.1) is 0 Å². The van der Waals surface area contributed by atoms with Gasteiger partial charge in [0.05, 0.1) is 0 Å². The molecule has 2 aromatic rings. The standard InChI is InChI=1S/C10H10N4O2S/c1-14(10-11-12-13-17-10)5-7-2-3-8-9(4-7)16-6-15-8/h2-4H,5-6H2,1H3. The summed E-state index contributed by atoms with van der Waals surface area (Å²) in [5.41, 5.74) is 1.13. The van der Waals surface area contributed by atoms with Gasteiger partial charge in [0.25, 0.3) is 0 Å². The van der Waals surface area contributed by atoms with Crippen LogP contribution in [0.15, 0.2) is 18.2 Å². The van der Waals surface area contributed by atoms with Crippen LogP contribution in [-0.2, 0) is 6.54 Å². The van der Waals surface area contributed by atoms with E-state index in [0.29, 0.717) is 6.79 Å². The largest absolute Gasteiger partial charge is 0.454 e. The number of fused-ring (bicyclic) bond motifs is 1. The van der Waals surface area contributed by atoms with Gasteiger partial charge in [-0.05, 0) is 22.9 Å². The van der Waals surface area contributed by atoms with E-state index in [9.17, 15) is 0 Å². The zero-order chi connectivity index (χ0) is 11.7. The summed E-state index contributed by atoms with van der Waals surface area (Å²) in [5, 5.41) is 8.28. The first-order valence-electron chi connectivity index (χ1n) is 5.07. The SMILES string of the molecule is CN(Cc1ccc2c(c1)OCO2)c1nnns1. The van der Waals surface area contributed by atoms with Gasteiger partial charge < -0.3 is 14.4 Å². The number of hydrogen-bond donors (Lipinski definition) is 0. The third-order valence-electron chi connectivity index (χ3n) is 2.47. The first kappa shape index (κ1) is 10.3. The maximum absolute atomic E-state index is 5.33. The molecule has 1 aliphatic heterocycles. The fourth-order valence-electron chi connectivity index (χ4n) is 1.66. The molecule has 0 spiro atoms. The molecule has 0 saturated heterocycles. The molecular weight excluding hydrogens is 240 g/mol. The van der Waals surface area contributed by atoms with Crippen molar-refractivity contribution in [1.82, 2.24) is 14.8 Å². The molecule has 6 nitrogen and oxygen atoms in total. The van der Waals surface area contributed by atoms with E-state index in [1.54, 1.807) is 0 Å². The van der Waals surface area contributed by atoms with Crippen LogP contribution < -0.4 is 14.4 Å². The monoisotopic (exact) mass is 250 g/mol. The lowest BCUT2D eigenvalue weighted by molar-refractivity contribution is 0.174. The van der Waals surface area contributed by atoms with Crippen molar-refractivity contribution >= 4 is 16.7 Å². The van der Waals surface area contributed by atoms with Crippen LogP contribution in [-0.4, -0.2) is 28.6 Å². The molecular formula is C10H10N4O2S. The number of rotatable bonds is 3. The molecule has 0 saturated carbocycles.